The molecule has 142 valence electrons. The van der Waals surface area contributed by atoms with Crippen LogP contribution in [0.4, 0.5) is 4.79 Å². The number of halogens is 1. The molecule has 0 spiro atoms. The quantitative estimate of drug-likeness (QED) is 0.677. The van der Waals surface area contributed by atoms with Crippen molar-refractivity contribution in [3.63, 3.8) is 0 Å². The summed E-state index contributed by atoms with van der Waals surface area (Å²) in [7, 11) is 0. The molecule has 0 radical (unpaired) electrons. The highest BCUT2D eigenvalue weighted by Gasteiger charge is 2.35. The van der Waals surface area contributed by atoms with Gasteiger partial charge in [0.15, 0.2) is 0 Å². The van der Waals surface area contributed by atoms with Crippen LogP contribution in [0.3, 0.4) is 0 Å². The normalized spacial score (nSPS) is 16.6. The first-order valence-electron chi connectivity index (χ1n) is 8.40. The number of esters is 1. The van der Waals surface area contributed by atoms with Gasteiger partial charge in [0.05, 0.1) is 17.9 Å². The first kappa shape index (κ1) is 19.0. The van der Waals surface area contributed by atoms with Crippen LogP contribution in [0.15, 0.2) is 56.6 Å². The van der Waals surface area contributed by atoms with Gasteiger partial charge in [-0.2, -0.15) is 0 Å². The van der Waals surface area contributed by atoms with E-state index in [4.69, 9.17) is 13.9 Å². The van der Waals surface area contributed by atoms with Gasteiger partial charge in [-0.1, -0.05) is 15.9 Å². The largest absolute Gasteiger partial charge is 0.487 e. The molecule has 3 rings (SSSR count). The molecule has 1 atom stereocenters. The Kier molecular flexibility index (Phi) is 5.85. The van der Waals surface area contributed by atoms with Crippen molar-refractivity contribution in [1.82, 2.24) is 10.6 Å². The maximum Gasteiger partial charge on any atom is 0.338 e. The Balaban J connectivity index is 1.93. The lowest BCUT2D eigenvalue weighted by Gasteiger charge is -2.27. The molecule has 2 amide bonds. The van der Waals surface area contributed by atoms with Crippen molar-refractivity contribution in [3.8, 4) is 5.75 Å². The zero-order chi connectivity index (χ0) is 19.4. The van der Waals surface area contributed by atoms with E-state index < -0.39 is 18.0 Å². The van der Waals surface area contributed by atoms with E-state index in [1.165, 1.54) is 0 Å². The van der Waals surface area contributed by atoms with Crippen LogP contribution >= 0.6 is 15.9 Å². The summed E-state index contributed by atoms with van der Waals surface area (Å²) in [5, 5.41) is 5.35. The van der Waals surface area contributed by atoms with Crippen LogP contribution in [0, 0.1) is 6.92 Å². The molecule has 2 N–H and O–H groups in total. The average Bonchev–Trinajstić information content (AvgIpc) is 3.07. The van der Waals surface area contributed by atoms with Crippen molar-refractivity contribution in [2.75, 3.05) is 13.2 Å². The van der Waals surface area contributed by atoms with Gasteiger partial charge in [0, 0.05) is 4.47 Å². The van der Waals surface area contributed by atoms with Gasteiger partial charge >= 0.3 is 12.0 Å². The van der Waals surface area contributed by atoms with Gasteiger partial charge in [-0.3, -0.25) is 0 Å². The lowest BCUT2D eigenvalue weighted by atomic mass is 10.0. The number of rotatable bonds is 6. The van der Waals surface area contributed by atoms with Crippen LogP contribution in [0.1, 0.15) is 24.5 Å². The molecular formula is C19H19BrN2O5. The molecule has 0 saturated heterocycles. The average molecular weight is 435 g/mol. The van der Waals surface area contributed by atoms with Crippen LogP contribution < -0.4 is 15.4 Å². The van der Waals surface area contributed by atoms with Crippen molar-refractivity contribution in [2.45, 2.75) is 19.9 Å². The molecule has 27 heavy (non-hydrogen) atoms. The zero-order valence-electron chi connectivity index (χ0n) is 14.9. The summed E-state index contributed by atoms with van der Waals surface area (Å²) in [6.07, 6.45) is 0. The molecule has 1 unspecified atom stereocenters. The van der Waals surface area contributed by atoms with Crippen LogP contribution in [-0.4, -0.2) is 25.2 Å². The van der Waals surface area contributed by atoms with Crippen LogP contribution in [0.25, 0.3) is 0 Å². The fourth-order valence-corrected chi connectivity index (χ4v) is 2.95. The smallest absolute Gasteiger partial charge is 0.338 e. The summed E-state index contributed by atoms with van der Waals surface area (Å²) < 4.78 is 17.5. The minimum Gasteiger partial charge on any atom is -0.487 e. The topological polar surface area (TPSA) is 89.8 Å². The number of nitrogens with one attached hydrogen (secondary N) is 2. The van der Waals surface area contributed by atoms with Gasteiger partial charge in [-0.05, 0) is 50.2 Å². The second-order valence-corrected chi connectivity index (χ2v) is 6.75. The molecular weight excluding hydrogens is 416 g/mol. The Bertz CT molecular complexity index is 872. The third kappa shape index (κ3) is 4.51. The summed E-state index contributed by atoms with van der Waals surface area (Å²) in [6.45, 7) is 3.72. The van der Waals surface area contributed by atoms with E-state index in [9.17, 15) is 9.59 Å². The maximum atomic E-state index is 12.6. The van der Waals surface area contributed by atoms with Crippen LogP contribution in [0.2, 0.25) is 0 Å². The number of carbonyl (C=O) groups excluding carboxylic acids is 2. The molecule has 2 aromatic rings. The highest BCUT2D eigenvalue weighted by atomic mass is 79.9. The Hall–Kier alpha value is -2.74. The molecule has 1 aromatic heterocycles. The van der Waals surface area contributed by atoms with Crippen molar-refractivity contribution >= 4 is 27.9 Å². The summed E-state index contributed by atoms with van der Waals surface area (Å²) in [5.74, 6) is 1.19. The number of ether oxygens (including phenoxy) is 2. The second-order valence-electron chi connectivity index (χ2n) is 5.84. The number of furan rings is 1. The third-order valence-corrected chi connectivity index (χ3v) is 4.42. The predicted octanol–water partition coefficient (Wildman–Crippen LogP) is 3.60. The van der Waals surface area contributed by atoms with E-state index in [0.29, 0.717) is 23.0 Å². The SMILES string of the molecule is CCOC(=O)C1=C(COc2ccc(Br)cc2)NC(=O)NC1c1ccc(C)o1. The van der Waals surface area contributed by atoms with Crippen molar-refractivity contribution in [2.24, 2.45) is 0 Å². The molecule has 0 fully saturated rings. The van der Waals surface area contributed by atoms with E-state index >= 15 is 0 Å². The summed E-state index contributed by atoms with van der Waals surface area (Å²) in [5.41, 5.74) is 0.585. The maximum absolute atomic E-state index is 12.6. The highest BCUT2D eigenvalue weighted by molar-refractivity contribution is 9.10. The van der Waals surface area contributed by atoms with E-state index in [-0.39, 0.29) is 18.8 Å². The Morgan fingerprint density at radius 2 is 1.96 bits per heavy atom. The minimum absolute atomic E-state index is 0.000604. The Labute approximate surface area is 164 Å². The second kappa shape index (κ2) is 8.30. The number of urea groups is 1. The first-order valence-corrected chi connectivity index (χ1v) is 9.19. The molecule has 1 aromatic carbocycles. The van der Waals surface area contributed by atoms with Gasteiger partial charge in [-0.25, -0.2) is 9.59 Å². The van der Waals surface area contributed by atoms with Gasteiger partial charge in [0.1, 0.15) is 29.9 Å². The molecule has 7 nitrogen and oxygen atoms in total. The lowest BCUT2D eigenvalue weighted by molar-refractivity contribution is -0.139. The zero-order valence-corrected chi connectivity index (χ0v) is 16.5. The first-order chi connectivity index (χ1) is 13.0. The van der Waals surface area contributed by atoms with Gasteiger partial charge in [-0.15, -0.1) is 0 Å². The Morgan fingerprint density at radius 3 is 2.59 bits per heavy atom. The number of amides is 2. The molecule has 2 heterocycles. The lowest BCUT2D eigenvalue weighted by Crippen LogP contribution is -2.47. The van der Waals surface area contributed by atoms with Crippen LogP contribution in [0.5, 0.6) is 5.75 Å². The highest BCUT2D eigenvalue weighted by Crippen LogP contribution is 2.29. The van der Waals surface area contributed by atoms with Crippen molar-refractivity contribution < 1.29 is 23.5 Å². The Morgan fingerprint density at radius 1 is 1.22 bits per heavy atom. The molecule has 0 saturated carbocycles. The molecule has 0 aliphatic carbocycles. The fraction of sp³-hybridized carbons (Fsp3) is 0.263. The van der Waals surface area contributed by atoms with E-state index in [1.807, 2.05) is 12.1 Å². The summed E-state index contributed by atoms with van der Waals surface area (Å²) in [6, 6.07) is 9.53. The predicted molar refractivity (Wildman–Crippen MR) is 101 cm³/mol. The molecule has 0 bridgehead atoms. The molecule has 8 heteroatoms. The molecule has 1 aliphatic rings. The van der Waals surface area contributed by atoms with E-state index in [0.717, 1.165) is 4.47 Å². The van der Waals surface area contributed by atoms with Crippen molar-refractivity contribution in [1.29, 1.82) is 0 Å². The fourth-order valence-electron chi connectivity index (χ4n) is 2.69. The summed E-state index contributed by atoms with van der Waals surface area (Å²) >= 11 is 3.36. The third-order valence-electron chi connectivity index (χ3n) is 3.89. The number of carbonyl (C=O) groups is 2. The van der Waals surface area contributed by atoms with Crippen LogP contribution in [-0.2, 0) is 9.53 Å². The van der Waals surface area contributed by atoms with Gasteiger partial charge in [0.25, 0.3) is 0 Å². The van der Waals surface area contributed by atoms with E-state index in [1.54, 1.807) is 38.1 Å². The molecule has 1 aliphatic heterocycles. The van der Waals surface area contributed by atoms with Gasteiger partial charge in [0.2, 0.25) is 0 Å². The monoisotopic (exact) mass is 434 g/mol. The number of hydrogen-bond acceptors (Lipinski definition) is 5. The van der Waals surface area contributed by atoms with Crippen molar-refractivity contribution in [3.05, 3.63) is 63.7 Å². The number of hydrogen-bond donors (Lipinski definition) is 2. The standard InChI is InChI=1S/C19H19BrN2O5/c1-3-25-18(23)16-14(10-26-13-7-5-12(20)6-8-13)21-19(24)22-17(16)15-9-4-11(2)27-15/h4-9,17H,3,10H2,1-2H3,(H2,21,22,24). The minimum atomic E-state index is -0.755. The summed E-state index contributed by atoms with van der Waals surface area (Å²) in [4.78, 5) is 24.7. The van der Waals surface area contributed by atoms with Gasteiger partial charge < -0.3 is 24.5 Å². The van der Waals surface area contributed by atoms with E-state index in [2.05, 4.69) is 26.6 Å². The number of benzene rings is 1. The number of aryl methyl sites for hydroxylation is 1.